The molecule has 0 saturated carbocycles. The first-order valence-electron chi connectivity index (χ1n) is 11.1. The van der Waals surface area contributed by atoms with Crippen molar-refractivity contribution in [3.63, 3.8) is 0 Å². The number of aromatic nitrogens is 2. The lowest BCUT2D eigenvalue weighted by molar-refractivity contribution is 0.151. The molecule has 0 aliphatic carbocycles. The molecule has 178 valence electrons. The highest BCUT2D eigenvalue weighted by Gasteiger charge is 2.26. The van der Waals surface area contributed by atoms with Gasteiger partial charge in [-0.25, -0.2) is 22.9 Å². The van der Waals surface area contributed by atoms with Gasteiger partial charge < -0.3 is 9.30 Å². The summed E-state index contributed by atoms with van der Waals surface area (Å²) in [6.07, 6.45) is 5.01. The van der Waals surface area contributed by atoms with Gasteiger partial charge in [0.1, 0.15) is 10.0 Å². The molecule has 0 radical (unpaired) electrons. The lowest BCUT2D eigenvalue weighted by Gasteiger charge is -2.10. The van der Waals surface area contributed by atoms with Crippen LogP contribution in [0.1, 0.15) is 49.9 Å². The fraction of sp³-hybridized carbons (Fsp3) is 0.417. The van der Waals surface area contributed by atoms with E-state index in [9.17, 15) is 13.2 Å². The number of thiophene rings is 1. The van der Waals surface area contributed by atoms with Crippen molar-refractivity contribution in [2.24, 2.45) is 5.92 Å². The number of rotatable bonds is 10. The fourth-order valence-corrected chi connectivity index (χ4v) is 6.27. The summed E-state index contributed by atoms with van der Waals surface area (Å²) in [6.45, 7) is 8.90. The van der Waals surface area contributed by atoms with Crippen molar-refractivity contribution in [1.29, 1.82) is 0 Å². The second-order valence-electron chi connectivity index (χ2n) is 8.41. The largest absolute Gasteiger partial charge is 0.449 e. The molecule has 0 spiro atoms. The first-order valence-corrected chi connectivity index (χ1v) is 13.4. The summed E-state index contributed by atoms with van der Waals surface area (Å²) in [5.74, 6) is 1.28. The number of carbonyl (C=O) groups is 1. The van der Waals surface area contributed by atoms with Crippen LogP contribution in [0.3, 0.4) is 0 Å². The van der Waals surface area contributed by atoms with Gasteiger partial charge in [-0.3, -0.25) is 0 Å². The molecule has 0 fully saturated rings. The van der Waals surface area contributed by atoms with Crippen LogP contribution in [-0.2, 0) is 27.7 Å². The van der Waals surface area contributed by atoms with E-state index in [1.807, 2.05) is 54.9 Å². The van der Waals surface area contributed by atoms with Crippen LogP contribution >= 0.6 is 11.3 Å². The number of amides is 1. The second kappa shape index (κ2) is 11.0. The van der Waals surface area contributed by atoms with Crippen LogP contribution in [-0.4, -0.2) is 30.7 Å². The van der Waals surface area contributed by atoms with Crippen molar-refractivity contribution in [3.8, 4) is 11.1 Å². The number of aryl methyl sites for hydroxylation is 1. The number of ether oxygens (including phenoxy) is 1. The summed E-state index contributed by atoms with van der Waals surface area (Å²) < 4.78 is 35.5. The molecule has 0 aliphatic rings. The highest BCUT2D eigenvalue weighted by Crippen LogP contribution is 2.36. The highest BCUT2D eigenvalue weighted by molar-refractivity contribution is 7.92. The van der Waals surface area contributed by atoms with Crippen LogP contribution in [0.2, 0.25) is 0 Å². The molecule has 9 heteroatoms. The molecule has 0 atom stereocenters. The van der Waals surface area contributed by atoms with Crippen molar-refractivity contribution >= 4 is 27.5 Å². The Labute approximate surface area is 199 Å². The summed E-state index contributed by atoms with van der Waals surface area (Å²) in [4.78, 5) is 17.3. The molecule has 7 nitrogen and oxygen atoms in total. The minimum atomic E-state index is -4.08. The van der Waals surface area contributed by atoms with Crippen molar-refractivity contribution in [2.45, 2.75) is 57.7 Å². The lowest BCUT2D eigenvalue weighted by atomic mass is 10.0. The van der Waals surface area contributed by atoms with Crippen molar-refractivity contribution in [2.75, 3.05) is 6.61 Å². The first-order chi connectivity index (χ1) is 15.7. The van der Waals surface area contributed by atoms with Gasteiger partial charge in [-0.2, -0.15) is 0 Å². The second-order valence-corrected chi connectivity index (χ2v) is 11.4. The molecule has 0 unspecified atom stereocenters. The van der Waals surface area contributed by atoms with E-state index in [4.69, 9.17) is 4.74 Å². The van der Waals surface area contributed by atoms with E-state index in [1.54, 1.807) is 6.20 Å². The monoisotopic (exact) mass is 489 g/mol. The highest BCUT2D eigenvalue weighted by atomic mass is 32.2. The molecule has 3 rings (SSSR count). The number of unbranched alkanes of at least 4 members (excludes halogenated alkanes) is 1. The Morgan fingerprint density at radius 1 is 1.27 bits per heavy atom. The fourth-order valence-electron chi connectivity index (χ4n) is 3.43. The van der Waals surface area contributed by atoms with Gasteiger partial charge in [0, 0.05) is 29.4 Å². The predicted molar refractivity (Wildman–Crippen MR) is 131 cm³/mol. The quantitative estimate of drug-likeness (QED) is 0.386. The summed E-state index contributed by atoms with van der Waals surface area (Å²) in [7, 11) is -4.08. The average Bonchev–Trinajstić information content (AvgIpc) is 3.34. The first kappa shape index (κ1) is 25.0. The molecule has 33 heavy (non-hydrogen) atoms. The van der Waals surface area contributed by atoms with E-state index in [0.29, 0.717) is 24.4 Å². The zero-order valence-corrected chi connectivity index (χ0v) is 21.1. The normalized spacial score (nSPS) is 11.7. The van der Waals surface area contributed by atoms with Gasteiger partial charge in [-0.15, -0.1) is 11.3 Å². The number of imidazole rings is 1. The minimum Gasteiger partial charge on any atom is -0.449 e. The number of benzene rings is 1. The third-order valence-corrected chi connectivity index (χ3v) is 8.07. The van der Waals surface area contributed by atoms with E-state index in [1.165, 1.54) is 11.3 Å². The Balaban J connectivity index is 1.94. The zero-order chi connectivity index (χ0) is 24.0. The van der Waals surface area contributed by atoms with Crippen LogP contribution in [0.15, 0.2) is 46.9 Å². The van der Waals surface area contributed by atoms with Crippen LogP contribution in [0.5, 0.6) is 0 Å². The number of nitrogens with zero attached hydrogens (tertiary/aromatic N) is 2. The van der Waals surface area contributed by atoms with Gasteiger partial charge in [0.25, 0.3) is 10.0 Å². The summed E-state index contributed by atoms with van der Waals surface area (Å²) >= 11 is 1.20. The molecule has 1 N–H and O–H groups in total. The standard InChI is InChI=1S/C24H31N3O4S2/c1-5-6-12-31-24(28)26-33(29,30)23-22(15-21(32-23)13-17(2)3)20-9-7-8-19(14-20)16-27-11-10-25-18(27)4/h7-11,14-15,17H,5-6,12-13,16H2,1-4H3,(H,26,28). The van der Waals surface area contributed by atoms with Gasteiger partial charge >= 0.3 is 6.09 Å². The lowest BCUT2D eigenvalue weighted by Crippen LogP contribution is -2.31. The van der Waals surface area contributed by atoms with E-state index in [0.717, 1.165) is 34.7 Å². The maximum atomic E-state index is 13.1. The maximum Gasteiger partial charge on any atom is 0.421 e. The molecule has 0 bridgehead atoms. The van der Waals surface area contributed by atoms with Crippen LogP contribution in [0, 0.1) is 12.8 Å². The van der Waals surface area contributed by atoms with Gasteiger partial charge in [0.05, 0.1) is 6.61 Å². The van der Waals surface area contributed by atoms with Gasteiger partial charge in [-0.1, -0.05) is 45.4 Å². The Morgan fingerprint density at radius 3 is 2.73 bits per heavy atom. The smallest absolute Gasteiger partial charge is 0.421 e. The third-order valence-electron chi connectivity index (χ3n) is 5.07. The third kappa shape index (κ3) is 6.68. The summed E-state index contributed by atoms with van der Waals surface area (Å²) in [6, 6.07) is 9.72. The predicted octanol–water partition coefficient (Wildman–Crippen LogP) is 5.38. The van der Waals surface area contributed by atoms with Crippen LogP contribution < -0.4 is 4.72 Å². The van der Waals surface area contributed by atoms with Gasteiger partial charge in [0.15, 0.2) is 0 Å². The molecule has 3 aromatic rings. The van der Waals surface area contributed by atoms with Crippen molar-refractivity contribution in [3.05, 3.63) is 59.0 Å². The number of hydrogen-bond acceptors (Lipinski definition) is 6. The molecule has 0 saturated heterocycles. The van der Waals surface area contributed by atoms with Gasteiger partial charge in [-0.05, 0) is 48.9 Å². The molecule has 2 heterocycles. The Morgan fingerprint density at radius 2 is 2.06 bits per heavy atom. The molecule has 0 aliphatic heterocycles. The number of carbonyl (C=O) groups excluding carboxylic acids is 1. The topological polar surface area (TPSA) is 90.3 Å². The SMILES string of the molecule is CCCCOC(=O)NS(=O)(=O)c1sc(CC(C)C)cc1-c1cccc(Cn2ccnc2C)c1. The summed E-state index contributed by atoms with van der Waals surface area (Å²) in [5.41, 5.74) is 2.41. The van der Waals surface area contributed by atoms with Crippen LogP contribution in [0.4, 0.5) is 4.79 Å². The molecule has 1 amide bonds. The molecular formula is C24H31N3O4S2. The molecular weight excluding hydrogens is 458 g/mol. The van der Waals surface area contributed by atoms with E-state index in [2.05, 4.69) is 23.6 Å². The van der Waals surface area contributed by atoms with E-state index in [-0.39, 0.29) is 10.8 Å². The van der Waals surface area contributed by atoms with E-state index < -0.39 is 16.1 Å². The number of sulfonamides is 1. The van der Waals surface area contributed by atoms with Crippen molar-refractivity contribution < 1.29 is 17.9 Å². The van der Waals surface area contributed by atoms with Crippen LogP contribution in [0.25, 0.3) is 11.1 Å². The van der Waals surface area contributed by atoms with Gasteiger partial charge in [0.2, 0.25) is 0 Å². The Kier molecular flexibility index (Phi) is 8.31. The van der Waals surface area contributed by atoms with Crippen molar-refractivity contribution in [1.82, 2.24) is 14.3 Å². The minimum absolute atomic E-state index is 0.126. The summed E-state index contributed by atoms with van der Waals surface area (Å²) in [5, 5.41) is 0. The maximum absolute atomic E-state index is 13.1. The molecule has 1 aromatic carbocycles. The molecule has 2 aromatic heterocycles. The average molecular weight is 490 g/mol. The Bertz CT molecular complexity index is 1200. The Hall–Kier alpha value is -2.65. The number of hydrogen-bond donors (Lipinski definition) is 1. The van der Waals surface area contributed by atoms with E-state index >= 15 is 0 Å². The number of nitrogens with one attached hydrogen (secondary N) is 1. The zero-order valence-electron chi connectivity index (χ0n) is 19.5.